The minimum absolute atomic E-state index is 0.188. The zero-order valence-electron chi connectivity index (χ0n) is 7.99. The van der Waals surface area contributed by atoms with Gasteiger partial charge in [-0.05, 0) is 28.4 Å². The van der Waals surface area contributed by atoms with E-state index >= 15 is 0 Å². The van der Waals surface area contributed by atoms with Crippen molar-refractivity contribution in [1.29, 1.82) is 0 Å². The van der Waals surface area contributed by atoms with Gasteiger partial charge in [-0.3, -0.25) is 4.98 Å². The summed E-state index contributed by atoms with van der Waals surface area (Å²) in [7, 11) is 0. The minimum atomic E-state index is -0.974. The second-order valence-electron chi connectivity index (χ2n) is 3.26. The molecule has 0 aliphatic carbocycles. The average Bonchev–Trinajstić information content (AvgIpc) is 2.19. The van der Waals surface area contributed by atoms with Crippen LogP contribution in [0.3, 0.4) is 0 Å². The van der Waals surface area contributed by atoms with E-state index in [2.05, 4.69) is 20.9 Å². The molecule has 76 valence electrons. The van der Waals surface area contributed by atoms with Gasteiger partial charge in [-0.2, -0.15) is 0 Å². The second-order valence-corrected chi connectivity index (χ2v) is 4.06. The molecule has 2 aromatic rings. The predicted molar refractivity (Wildman–Crippen MR) is 61.1 cm³/mol. The fourth-order valence-corrected chi connectivity index (χ4v) is 2.08. The molecule has 0 radical (unpaired) electrons. The molecule has 0 bridgehead atoms. The Morgan fingerprint density at radius 3 is 2.87 bits per heavy atom. The van der Waals surface area contributed by atoms with Crippen LogP contribution < -0.4 is 0 Å². The van der Waals surface area contributed by atoms with Crippen LogP contribution in [0.5, 0.6) is 0 Å². The molecular weight excluding hydrogens is 258 g/mol. The largest absolute Gasteiger partial charge is 0.478 e. The lowest BCUT2D eigenvalue weighted by Crippen LogP contribution is -1.99. The van der Waals surface area contributed by atoms with Gasteiger partial charge >= 0.3 is 5.97 Å². The molecule has 0 saturated carbocycles. The highest BCUT2D eigenvalue weighted by Gasteiger charge is 2.12. The average molecular weight is 266 g/mol. The van der Waals surface area contributed by atoms with Gasteiger partial charge in [-0.25, -0.2) is 4.79 Å². The number of carbonyl (C=O) groups is 1. The van der Waals surface area contributed by atoms with E-state index in [0.717, 1.165) is 16.5 Å². The monoisotopic (exact) mass is 265 g/mol. The van der Waals surface area contributed by atoms with Crippen LogP contribution in [0.25, 0.3) is 10.9 Å². The minimum Gasteiger partial charge on any atom is -0.478 e. The van der Waals surface area contributed by atoms with Crippen molar-refractivity contribution in [2.24, 2.45) is 0 Å². The normalized spacial score (nSPS) is 10.5. The molecule has 0 aliphatic rings. The number of carboxylic acids is 1. The maximum absolute atomic E-state index is 10.9. The number of aryl methyl sites for hydroxylation is 1. The van der Waals surface area contributed by atoms with E-state index in [1.807, 2.05) is 25.1 Å². The number of para-hydroxylation sites is 1. The Morgan fingerprint density at radius 1 is 1.47 bits per heavy atom. The van der Waals surface area contributed by atoms with Crippen LogP contribution in [0.1, 0.15) is 15.9 Å². The second kappa shape index (κ2) is 3.62. The Hall–Kier alpha value is -1.42. The molecule has 1 N–H and O–H groups in total. The lowest BCUT2D eigenvalue weighted by Gasteiger charge is -2.05. The number of hydrogen-bond donors (Lipinski definition) is 1. The number of halogens is 1. The fraction of sp³-hybridized carbons (Fsp3) is 0.0909. The van der Waals surface area contributed by atoms with Gasteiger partial charge in [0.05, 0.1) is 11.1 Å². The number of pyridine rings is 1. The van der Waals surface area contributed by atoms with Crippen molar-refractivity contribution in [1.82, 2.24) is 4.98 Å². The zero-order chi connectivity index (χ0) is 11.0. The predicted octanol–water partition coefficient (Wildman–Crippen LogP) is 3.00. The SMILES string of the molecule is Cc1cccc2c(Br)c(C(=O)O)cnc12. The number of carboxylic acid groups (broad SMARTS) is 1. The van der Waals surface area contributed by atoms with Gasteiger partial charge in [-0.1, -0.05) is 18.2 Å². The van der Waals surface area contributed by atoms with Crippen LogP contribution in [0.15, 0.2) is 28.9 Å². The number of hydrogen-bond acceptors (Lipinski definition) is 2. The number of rotatable bonds is 1. The maximum atomic E-state index is 10.9. The Morgan fingerprint density at radius 2 is 2.20 bits per heavy atom. The summed E-state index contributed by atoms with van der Waals surface area (Å²) in [6, 6.07) is 5.68. The summed E-state index contributed by atoms with van der Waals surface area (Å²) in [4.78, 5) is 15.0. The van der Waals surface area contributed by atoms with Crippen molar-refractivity contribution in [3.63, 3.8) is 0 Å². The van der Waals surface area contributed by atoms with Crippen LogP contribution in [-0.4, -0.2) is 16.1 Å². The van der Waals surface area contributed by atoms with Gasteiger partial charge in [0.1, 0.15) is 0 Å². The molecule has 1 aromatic heterocycles. The van der Waals surface area contributed by atoms with Crippen molar-refractivity contribution in [3.05, 3.63) is 40.0 Å². The Labute approximate surface area is 94.9 Å². The summed E-state index contributed by atoms with van der Waals surface area (Å²) < 4.78 is 0.587. The highest BCUT2D eigenvalue weighted by Crippen LogP contribution is 2.27. The maximum Gasteiger partial charge on any atom is 0.338 e. The molecule has 2 rings (SSSR count). The topological polar surface area (TPSA) is 50.2 Å². The highest BCUT2D eigenvalue weighted by molar-refractivity contribution is 9.10. The first-order valence-electron chi connectivity index (χ1n) is 4.38. The van der Waals surface area contributed by atoms with Crippen molar-refractivity contribution in [2.75, 3.05) is 0 Å². The number of nitrogens with zero attached hydrogens (tertiary/aromatic N) is 1. The summed E-state index contributed by atoms with van der Waals surface area (Å²) in [5, 5.41) is 9.75. The van der Waals surface area contributed by atoms with E-state index in [1.54, 1.807) is 0 Å². The number of aromatic nitrogens is 1. The number of fused-ring (bicyclic) bond motifs is 1. The van der Waals surface area contributed by atoms with E-state index in [1.165, 1.54) is 6.20 Å². The van der Waals surface area contributed by atoms with E-state index < -0.39 is 5.97 Å². The first kappa shape index (κ1) is 10.1. The smallest absolute Gasteiger partial charge is 0.338 e. The summed E-state index contributed by atoms with van der Waals surface area (Å²) in [6.45, 7) is 1.95. The van der Waals surface area contributed by atoms with E-state index in [0.29, 0.717) is 4.47 Å². The van der Waals surface area contributed by atoms with E-state index in [9.17, 15) is 4.79 Å². The fourth-order valence-electron chi connectivity index (χ4n) is 1.49. The first-order valence-corrected chi connectivity index (χ1v) is 5.17. The molecule has 1 heterocycles. The molecule has 0 atom stereocenters. The Bertz CT molecular complexity index is 552. The highest BCUT2D eigenvalue weighted by atomic mass is 79.9. The number of benzene rings is 1. The lowest BCUT2D eigenvalue weighted by molar-refractivity contribution is 0.0695. The van der Waals surface area contributed by atoms with Gasteiger partial charge in [0.2, 0.25) is 0 Å². The molecule has 0 saturated heterocycles. The molecule has 0 amide bonds. The van der Waals surface area contributed by atoms with Crippen LogP contribution >= 0.6 is 15.9 Å². The van der Waals surface area contributed by atoms with Crippen molar-refractivity contribution >= 4 is 32.8 Å². The van der Waals surface area contributed by atoms with Gasteiger partial charge in [0, 0.05) is 16.1 Å². The van der Waals surface area contributed by atoms with E-state index in [-0.39, 0.29) is 5.56 Å². The van der Waals surface area contributed by atoms with Crippen molar-refractivity contribution in [2.45, 2.75) is 6.92 Å². The quantitative estimate of drug-likeness (QED) is 0.863. The van der Waals surface area contributed by atoms with Crippen LogP contribution in [-0.2, 0) is 0 Å². The van der Waals surface area contributed by atoms with Gasteiger partial charge in [0.25, 0.3) is 0 Å². The molecule has 0 aliphatic heterocycles. The van der Waals surface area contributed by atoms with Gasteiger partial charge in [0.15, 0.2) is 0 Å². The van der Waals surface area contributed by atoms with Crippen LogP contribution in [0, 0.1) is 6.92 Å². The Balaban J connectivity index is 2.86. The van der Waals surface area contributed by atoms with Crippen molar-refractivity contribution < 1.29 is 9.90 Å². The molecular formula is C11H8BrNO2. The van der Waals surface area contributed by atoms with Gasteiger partial charge < -0.3 is 5.11 Å². The van der Waals surface area contributed by atoms with Crippen LogP contribution in [0.4, 0.5) is 0 Å². The van der Waals surface area contributed by atoms with Gasteiger partial charge in [-0.15, -0.1) is 0 Å². The summed E-state index contributed by atoms with van der Waals surface area (Å²) in [6.07, 6.45) is 1.38. The van der Waals surface area contributed by atoms with Crippen molar-refractivity contribution in [3.8, 4) is 0 Å². The summed E-state index contributed by atoms with van der Waals surface area (Å²) >= 11 is 3.30. The third kappa shape index (κ3) is 1.61. The first-order chi connectivity index (χ1) is 7.11. The third-order valence-corrected chi connectivity index (χ3v) is 3.12. The number of aromatic carboxylic acids is 1. The van der Waals surface area contributed by atoms with Crippen LogP contribution in [0.2, 0.25) is 0 Å². The van der Waals surface area contributed by atoms with E-state index in [4.69, 9.17) is 5.11 Å². The molecule has 1 aromatic carbocycles. The molecule has 0 spiro atoms. The summed E-state index contributed by atoms with van der Waals surface area (Å²) in [5.74, 6) is -0.974. The molecule has 0 unspecified atom stereocenters. The zero-order valence-corrected chi connectivity index (χ0v) is 9.58. The Kier molecular flexibility index (Phi) is 2.44. The molecule has 0 fully saturated rings. The standard InChI is InChI=1S/C11H8BrNO2/c1-6-3-2-4-7-9(12)8(11(14)15)5-13-10(6)7/h2-5H,1H3,(H,14,15). The molecule has 3 nitrogen and oxygen atoms in total. The molecule has 4 heteroatoms. The molecule has 15 heavy (non-hydrogen) atoms. The lowest BCUT2D eigenvalue weighted by atomic mass is 10.1. The third-order valence-electron chi connectivity index (χ3n) is 2.26. The summed E-state index contributed by atoms with van der Waals surface area (Å²) in [5.41, 5.74) is 2.05.